The number of ether oxygens (including phenoxy) is 1. The van der Waals surface area contributed by atoms with Gasteiger partial charge in [0.2, 0.25) is 5.91 Å². The third-order valence-corrected chi connectivity index (χ3v) is 6.34. The maximum absolute atomic E-state index is 13.0. The lowest BCUT2D eigenvalue weighted by atomic mass is 9.82. The van der Waals surface area contributed by atoms with Crippen molar-refractivity contribution < 1.29 is 14.3 Å². The Hall–Kier alpha value is -1.62. The van der Waals surface area contributed by atoms with E-state index in [2.05, 4.69) is 33.4 Å². The minimum absolute atomic E-state index is 0.0708. The number of carbonyl (C=O) groups is 2. The molecule has 4 atom stereocenters. The predicted molar refractivity (Wildman–Crippen MR) is 94.2 cm³/mol. The van der Waals surface area contributed by atoms with Gasteiger partial charge in [-0.15, -0.1) is 0 Å². The summed E-state index contributed by atoms with van der Waals surface area (Å²) in [5.41, 5.74) is 0.890. The summed E-state index contributed by atoms with van der Waals surface area (Å²) in [5.74, 6) is -0.659. The Bertz CT molecular complexity index is 708. The van der Waals surface area contributed by atoms with Crippen molar-refractivity contribution in [1.82, 2.24) is 0 Å². The number of rotatable bonds is 4. The molecule has 1 amide bonds. The highest BCUT2D eigenvalue weighted by Gasteiger charge is 2.70. The van der Waals surface area contributed by atoms with E-state index in [-0.39, 0.29) is 41.0 Å². The fraction of sp³-hybridized carbons (Fsp3) is 0.474. The highest BCUT2D eigenvalue weighted by molar-refractivity contribution is 9.10. The number of allylic oxidation sites excluding steroid dienone is 2. The normalized spacial score (nSPS) is 31.2. The summed E-state index contributed by atoms with van der Waals surface area (Å²) >= 11 is 3.39. The van der Waals surface area contributed by atoms with Crippen LogP contribution in [0.4, 0.5) is 5.69 Å². The van der Waals surface area contributed by atoms with E-state index in [9.17, 15) is 9.59 Å². The van der Waals surface area contributed by atoms with Crippen molar-refractivity contribution in [2.24, 2.45) is 29.1 Å². The highest BCUT2D eigenvalue weighted by atomic mass is 79.9. The number of nitrogens with one attached hydrogen (secondary N) is 1. The molecule has 4 rings (SSSR count). The summed E-state index contributed by atoms with van der Waals surface area (Å²) in [5, 5.41) is 2.99. The Morgan fingerprint density at radius 2 is 1.79 bits per heavy atom. The van der Waals surface area contributed by atoms with E-state index in [0.717, 1.165) is 23.0 Å². The summed E-state index contributed by atoms with van der Waals surface area (Å²) < 4.78 is 6.25. The van der Waals surface area contributed by atoms with Gasteiger partial charge in [-0.25, -0.2) is 0 Å². The number of halogens is 1. The van der Waals surface area contributed by atoms with Crippen molar-refractivity contribution in [3.05, 3.63) is 40.9 Å². The van der Waals surface area contributed by atoms with Crippen LogP contribution >= 0.6 is 15.9 Å². The molecule has 1 unspecified atom stereocenters. The molecule has 3 aliphatic carbocycles. The second-order valence-electron chi connectivity index (χ2n) is 6.97. The summed E-state index contributed by atoms with van der Waals surface area (Å²) in [7, 11) is 0. The Kier molecular flexibility index (Phi) is 3.79. The molecule has 2 bridgehead atoms. The number of benzene rings is 1. The smallest absolute Gasteiger partial charge is 0.310 e. The molecule has 1 spiro atoms. The molecular formula is C19H20BrNO3. The Morgan fingerprint density at radius 3 is 2.38 bits per heavy atom. The first-order valence-electron chi connectivity index (χ1n) is 8.48. The molecular weight excluding hydrogens is 370 g/mol. The molecule has 2 saturated carbocycles. The van der Waals surface area contributed by atoms with Crippen LogP contribution in [-0.4, -0.2) is 18.5 Å². The molecule has 0 radical (unpaired) electrons. The lowest BCUT2D eigenvalue weighted by Gasteiger charge is -2.25. The SMILES string of the molecule is CCOC(=O)[C@H]1C(C(=O)Nc2ccc(Br)cc2)[C@@H]2C=C[C@H]1C21CC1. The van der Waals surface area contributed by atoms with Gasteiger partial charge in [0.1, 0.15) is 0 Å². The van der Waals surface area contributed by atoms with Crippen LogP contribution in [0.3, 0.4) is 0 Å². The van der Waals surface area contributed by atoms with E-state index < -0.39 is 0 Å². The third kappa shape index (κ3) is 2.32. The molecule has 0 aliphatic heterocycles. The maximum atomic E-state index is 13.0. The molecule has 0 saturated heterocycles. The first kappa shape index (κ1) is 15.9. The monoisotopic (exact) mass is 389 g/mol. The molecule has 0 aromatic heterocycles. The van der Waals surface area contributed by atoms with Gasteiger partial charge in [0.05, 0.1) is 18.4 Å². The van der Waals surface area contributed by atoms with Gasteiger partial charge in [0.25, 0.3) is 0 Å². The minimum Gasteiger partial charge on any atom is -0.466 e. The van der Waals surface area contributed by atoms with Gasteiger partial charge in [0.15, 0.2) is 0 Å². The lowest BCUT2D eigenvalue weighted by molar-refractivity contribution is -0.152. The Balaban J connectivity index is 1.59. The topological polar surface area (TPSA) is 55.4 Å². The predicted octanol–water partition coefficient (Wildman–Crippen LogP) is 3.78. The molecule has 1 N–H and O–H groups in total. The Morgan fingerprint density at radius 1 is 1.17 bits per heavy atom. The van der Waals surface area contributed by atoms with Crippen LogP contribution in [0.15, 0.2) is 40.9 Å². The number of hydrogen-bond donors (Lipinski definition) is 1. The quantitative estimate of drug-likeness (QED) is 0.629. The molecule has 126 valence electrons. The summed E-state index contributed by atoms with van der Waals surface area (Å²) in [6.45, 7) is 2.16. The number of esters is 1. The molecule has 1 aromatic rings. The summed E-state index contributed by atoms with van der Waals surface area (Å²) in [6.07, 6.45) is 6.50. The maximum Gasteiger partial charge on any atom is 0.310 e. The van der Waals surface area contributed by atoms with Crippen molar-refractivity contribution in [2.75, 3.05) is 11.9 Å². The number of amides is 1. The minimum atomic E-state index is -0.349. The van der Waals surface area contributed by atoms with Crippen LogP contribution in [-0.2, 0) is 14.3 Å². The number of hydrogen-bond acceptors (Lipinski definition) is 3. The summed E-state index contributed by atoms with van der Waals surface area (Å²) in [4.78, 5) is 25.5. The average molecular weight is 390 g/mol. The zero-order valence-corrected chi connectivity index (χ0v) is 15.1. The molecule has 5 heteroatoms. The van der Waals surface area contributed by atoms with E-state index in [1.54, 1.807) is 0 Å². The molecule has 2 fully saturated rings. The molecule has 3 aliphatic rings. The van der Waals surface area contributed by atoms with Crippen LogP contribution in [0, 0.1) is 29.1 Å². The molecule has 24 heavy (non-hydrogen) atoms. The lowest BCUT2D eigenvalue weighted by Crippen LogP contribution is -2.37. The van der Waals surface area contributed by atoms with Gasteiger partial charge >= 0.3 is 5.97 Å². The van der Waals surface area contributed by atoms with E-state index in [1.165, 1.54) is 0 Å². The van der Waals surface area contributed by atoms with E-state index in [0.29, 0.717) is 6.61 Å². The largest absolute Gasteiger partial charge is 0.466 e. The first-order chi connectivity index (χ1) is 11.6. The zero-order chi connectivity index (χ0) is 16.9. The highest BCUT2D eigenvalue weighted by Crippen LogP contribution is 2.72. The zero-order valence-electron chi connectivity index (χ0n) is 13.5. The third-order valence-electron chi connectivity index (χ3n) is 5.81. The van der Waals surface area contributed by atoms with Crippen molar-refractivity contribution in [3.8, 4) is 0 Å². The van der Waals surface area contributed by atoms with Crippen LogP contribution in [0.25, 0.3) is 0 Å². The fourth-order valence-electron chi connectivity index (χ4n) is 4.67. The van der Waals surface area contributed by atoms with E-state index in [1.807, 2.05) is 31.2 Å². The van der Waals surface area contributed by atoms with Crippen LogP contribution in [0.1, 0.15) is 19.8 Å². The standard InChI is InChI=1S/C19H20BrNO3/c1-2-24-18(23)16-14-8-7-13(19(14)9-10-19)15(16)17(22)21-12-5-3-11(20)4-6-12/h3-8,13-16H,2,9-10H2,1H3,(H,21,22)/t13-,14+,15?,16+/m0/s1. The van der Waals surface area contributed by atoms with Crippen molar-refractivity contribution >= 4 is 33.5 Å². The molecule has 4 nitrogen and oxygen atoms in total. The second kappa shape index (κ2) is 5.73. The fourth-order valence-corrected chi connectivity index (χ4v) is 4.94. The second-order valence-corrected chi connectivity index (χ2v) is 7.89. The van der Waals surface area contributed by atoms with Gasteiger partial charge in [-0.2, -0.15) is 0 Å². The van der Waals surface area contributed by atoms with Gasteiger partial charge in [-0.05, 0) is 61.3 Å². The van der Waals surface area contributed by atoms with Crippen LogP contribution in [0.5, 0.6) is 0 Å². The summed E-state index contributed by atoms with van der Waals surface area (Å²) in [6, 6.07) is 7.50. The van der Waals surface area contributed by atoms with Crippen molar-refractivity contribution in [3.63, 3.8) is 0 Å². The molecule has 0 heterocycles. The van der Waals surface area contributed by atoms with Crippen molar-refractivity contribution in [1.29, 1.82) is 0 Å². The Labute approximate surface area is 149 Å². The van der Waals surface area contributed by atoms with Crippen LogP contribution in [0.2, 0.25) is 0 Å². The number of anilines is 1. The van der Waals surface area contributed by atoms with Gasteiger partial charge in [-0.1, -0.05) is 28.1 Å². The first-order valence-corrected chi connectivity index (χ1v) is 9.27. The number of carbonyl (C=O) groups excluding carboxylic acids is 2. The molecule has 1 aromatic carbocycles. The van der Waals surface area contributed by atoms with Gasteiger partial charge in [0, 0.05) is 10.2 Å². The van der Waals surface area contributed by atoms with E-state index >= 15 is 0 Å². The van der Waals surface area contributed by atoms with Gasteiger partial charge < -0.3 is 10.1 Å². The van der Waals surface area contributed by atoms with Crippen molar-refractivity contribution in [2.45, 2.75) is 19.8 Å². The van der Waals surface area contributed by atoms with E-state index in [4.69, 9.17) is 4.74 Å². The average Bonchev–Trinajstić information content (AvgIpc) is 3.23. The van der Waals surface area contributed by atoms with Crippen LogP contribution < -0.4 is 5.32 Å². The van der Waals surface area contributed by atoms with Gasteiger partial charge in [-0.3, -0.25) is 9.59 Å².